The van der Waals surface area contributed by atoms with E-state index in [2.05, 4.69) is 21.3 Å². The third-order valence-corrected chi connectivity index (χ3v) is 9.66. The van der Waals surface area contributed by atoms with Gasteiger partial charge in [0.25, 0.3) is 5.91 Å². The molecular weight excluding hydrogens is 699 g/mol. The van der Waals surface area contributed by atoms with Crippen LogP contribution in [0.25, 0.3) is 0 Å². The number of imide groups is 1. The fourth-order valence-electron chi connectivity index (χ4n) is 6.77. The van der Waals surface area contributed by atoms with E-state index in [1.54, 1.807) is 37.4 Å². The second-order valence-corrected chi connectivity index (χ2v) is 13.2. The molecule has 0 aromatic heterocycles. The van der Waals surface area contributed by atoms with Crippen LogP contribution in [0.4, 0.5) is 4.79 Å². The highest BCUT2D eigenvalue weighted by atomic mass is 31.0. The van der Waals surface area contributed by atoms with Crippen LogP contribution >= 0.6 is 9.47 Å². The lowest BCUT2D eigenvalue weighted by molar-refractivity contribution is -0.140. The first-order valence-corrected chi connectivity index (χ1v) is 18.9. The molecule has 1 saturated carbocycles. The van der Waals surface area contributed by atoms with Gasteiger partial charge >= 0.3 is 12.0 Å². The van der Waals surface area contributed by atoms with Gasteiger partial charge in [0.1, 0.15) is 6.04 Å². The quantitative estimate of drug-likeness (QED) is 0.161. The van der Waals surface area contributed by atoms with Crippen molar-refractivity contribution in [1.82, 2.24) is 31.1 Å². The Morgan fingerprint density at radius 3 is 2.15 bits per heavy atom. The monoisotopic (exact) mass is 754 g/mol. The molecule has 1 aliphatic carbocycles. The number of urea groups is 1. The van der Waals surface area contributed by atoms with Gasteiger partial charge in [-0.15, -0.1) is 0 Å². The van der Waals surface area contributed by atoms with Crippen molar-refractivity contribution in [2.45, 2.75) is 103 Å². The van der Waals surface area contributed by atoms with Crippen LogP contribution in [0, 0.1) is 5.92 Å². The maximum absolute atomic E-state index is 14.1. The lowest BCUT2D eigenvalue weighted by atomic mass is 9.83. The summed E-state index contributed by atoms with van der Waals surface area (Å²) in [5.74, 6) is -3.54. The molecule has 1 aliphatic heterocycles. The number of rotatable bonds is 16. The van der Waals surface area contributed by atoms with Gasteiger partial charge in [0.2, 0.25) is 17.7 Å². The first-order chi connectivity index (χ1) is 25.6. The summed E-state index contributed by atoms with van der Waals surface area (Å²) < 4.78 is 4.73. The predicted octanol–water partition coefficient (Wildman–Crippen LogP) is 2.97. The Bertz CT molecular complexity index is 1510. The zero-order chi connectivity index (χ0) is 38.9. The van der Waals surface area contributed by atoms with E-state index in [-0.39, 0.29) is 25.4 Å². The van der Waals surface area contributed by atoms with Gasteiger partial charge in [0.15, 0.2) is 12.1 Å². The molecule has 0 spiro atoms. The highest BCUT2D eigenvalue weighted by Gasteiger charge is 2.48. The molecule has 290 valence electrons. The third kappa shape index (κ3) is 11.8. The zero-order valence-electron chi connectivity index (χ0n) is 31.1. The van der Waals surface area contributed by atoms with Gasteiger partial charge in [-0.05, 0) is 43.4 Å². The van der Waals surface area contributed by atoms with Crippen molar-refractivity contribution in [3.05, 3.63) is 71.8 Å². The Labute approximate surface area is 314 Å². The number of nitrogens with one attached hydrogen (secondary N) is 4. The number of amides is 6. The normalized spacial score (nSPS) is 18.1. The summed E-state index contributed by atoms with van der Waals surface area (Å²) in [5.41, 5.74) is 1.30. The first-order valence-electron chi connectivity index (χ1n) is 18.4. The number of benzene rings is 2. The van der Waals surface area contributed by atoms with E-state index in [9.17, 15) is 33.9 Å². The molecule has 6 amide bonds. The summed E-state index contributed by atoms with van der Waals surface area (Å²) in [6, 6.07) is 13.0. The molecule has 0 radical (unpaired) electrons. The molecule has 4 rings (SSSR count). The highest BCUT2D eigenvalue weighted by Crippen LogP contribution is 2.29. The van der Waals surface area contributed by atoms with Crippen molar-refractivity contribution in [3.63, 3.8) is 0 Å². The van der Waals surface area contributed by atoms with Gasteiger partial charge in [-0.3, -0.25) is 19.2 Å². The second-order valence-electron chi connectivity index (χ2n) is 13.0. The zero-order valence-corrected chi connectivity index (χ0v) is 32.2. The van der Waals surface area contributed by atoms with Gasteiger partial charge in [-0.1, -0.05) is 107 Å². The number of carbonyl (C=O) groups excluding carboxylic acids is 6. The first kappa shape index (κ1) is 43.0. The summed E-state index contributed by atoms with van der Waals surface area (Å²) in [7, 11) is 3.51. The van der Waals surface area contributed by atoms with Crippen LogP contribution in [-0.2, 0) is 35.0 Å². The van der Waals surface area contributed by atoms with Crippen molar-refractivity contribution in [1.29, 1.82) is 0 Å². The molecule has 2 aromatic rings. The number of nitrogens with zero attached hydrogens (tertiary/aromatic N) is 2. The van der Waals surface area contributed by atoms with Crippen molar-refractivity contribution in [2.75, 3.05) is 20.1 Å². The molecule has 2 fully saturated rings. The van der Waals surface area contributed by atoms with E-state index < -0.39 is 72.4 Å². The van der Waals surface area contributed by atoms with Crippen LogP contribution in [0.2, 0.25) is 0 Å². The minimum atomic E-state index is -1.77. The van der Waals surface area contributed by atoms with Crippen LogP contribution in [0.15, 0.2) is 60.7 Å². The maximum atomic E-state index is 14.1. The Morgan fingerprint density at radius 2 is 1.57 bits per heavy atom. The van der Waals surface area contributed by atoms with Gasteiger partial charge in [0, 0.05) is 6.54 Å². The number of hydrogen-bond acceptors (Lipinski definition) is 9. The molecule has 53 heavy (non-hydrogen) atoms. The average molecular weight is 755 g/mol. The summed E-state index contributed by atoms with van der Waals surface area (Å²) in [4.78, 5) is 82.5. The van der Waals surface area contributed by atoms with Crippen LogP contribution in [-0.4, -0.2) is 94.9 Å². The Balaban J connectivity index is 0.00000372. The van der Waals surface area contributed by atoms with Gasteiger partial charge < -0.3 is 35.8 Å². The fraction of sp³-hybridized carbons (Fsp3) is 0.526. The van der Waals surface area contributed by atoms with Crippen molar-refractivity contribution >= 4 is 45.1 Å². The Hall–Kier alpha value is -4.39. The summed E-state index contributed by atoms with van der Waals surface area (Å²) in [5, 5.41) is 21.8. The van der Waals surface area contributed by atoms with E-state index in [0.29, 0.717) is 12.0 Å². The number of aliphatic hydroxyl groups is 1. The Morgan fingerprint density at radius 1 is 0.943 bits per heavy atom. The van der Waals surface area contributed by atoms with Crippen LogP contribution in [0.3, 0.4) is 0 Å². The van der Waals surface area contributed by atoms with Crippen molar-refractivity contribution in [3.8, 4) is 0 Å². The standard InChI is InChI=1S/C36H49N6O8P.C2H6/c1-3-13-26(31(44)33(46)38-20-28(43)40-30(35(48)50-51)25-18-11-6-12-19-25)39-32(45)27-22-41(21-23-14-7-4-8-15-23)36(49)42(27)34(47)29(37-2)24-16-9-5-10-17-24;1-2/h4,6-8,11-12,14-15,18-19,24,26-27,29-31,37,44H,3,5,9-10,13,16-17,20-22,51H2,1-2H3,(H,38,46)(H,39,45)(H,40,43);1-2H3/t26?,27?,29?,30-,31?;/m0./s1. The van der Waals surface area contributed by atoms with Crippen LogP contribution < -0.4 is 21.3 Å². The molecule has 1 saturated heterocycles. The van der Waals surface area contributed by atoms with Gasteiger partial charge in [-0.25, -0.2) is 14.5 Å². The molecule has 1 heterocycles. The second kappa shape index (κ2) is 22.0. The Kier molecular flexibility index (Phi) is 17.8. The van der Waals surface area contributed by atoms with E-state index in [4.69, 9.17) is 4.52 Å². The van der Waals surface area contributed by atoms with E-state index in [1.165, 1.54) is 4.90 Å². The molecule has 5 N–H and O–H groups in total. The number of carbonyl (C=O) groups is 6. The smallest absolute Gasteiger partial charge is 0.335 e. The molecule has 15 heteroatoms. The average Bonchev–Trinajstić information content (AvgIpc) is 3.52. The molecule has 0 bridgehead atoms. The minimum Gasteiger partial charge on any atom is -0.450 e. The highest BCUT2D eigenvalue weighted by molar-refractivity contribution is 7.10. The van der Waals surface area contributed by atoms with Crippen molar-refractivity contribution in [2.24, 2.45) is 5.92 Å². The minimum absolute atomic E-state index is 0.0148. The summed E-state index contributed by atoms with van der Waals surface area (Å²) in [6.07, 6.45) is 3.59. The molecule has 2 aliphatic rings. The van der Waals surface area contributed by atoms with Crippen molar-refractivity contribution < 1.29 is 38.4 Å². The number of hydrogen-bond donors (Lipinski definition) is 5. The van der Waals surface area contributed by atoms with Gasteiger partial charge in [0.05, 0.1) is 34.6 Å². The summed E-state index contributed by atoms with van der Waals surface area (Å²) >= 11 is 0. The van der Waals surface area contributed by atoms with E-state index in [1.807, 2.05) is 60.6 Å². The SMILES string of the molecule is CC.CCCC(NC(=O)C1CN(Cc2ccccc2)C(=O)N1C(=O)C(NC)C1CCCCC1)C(O)C(=O)NCC(=O)N[C@H](C(=O)OP)c1ccccc1. The van der Waals surface area contributed by atoms with Gasteiger partial charge in [-0.2, -0.15) is 0 Å². The fourth-order valence-corrected chi connectivity index (χ4v) is 6.91. The summed E-state index contributed by atoms with van der Waals surface area (Å²) in [6.45, 7) is 5.35. The van der Waals surface area contributed by atoms with Crippen LogP contribution in [0.1, 0.15) is 82.9 Å². The van der Waals surface area contributed by atoms with E-state index in [0.717, 1.165) is 42.6 Å². The molecule has 14 nitrogen and oxygen atoms in total. The molecule has 6 atom stereocenters. The number of likely N-dealkylation sites (N-methyl/N-ethyl adjacent to an activating group) is 1. The topological polar surface area (TPSA) is 186 Å². The predicted molar refractivity (Wildman–Crippen MR) is 203 cm³/mol. The molecular formula is C38H55N6O8P. The molecule has 5 unspecified atom stereocenters. The number of aliphatic hydroxyl groups excluding tert-OH is 1. The van der Waals surface area contributed by atoms with E-state index >= 15 is 0 Å². The maximum Gasteiger partial charge on any atom is 0.335 e. The third-order valence-electron chi connectivity index (χ3n) is 9.43. The lowest BCUT2D eigenvalue weighted by Crippen LogP contribution is -2.59. The largest absolute Gasteiger partial charge is 0.450 e. The lowest BCUT2D eigenvalue weighted by Gasteiger charge is -2.33. The van der Waals surface area contributed by atoms with Crippen LogP contribution in [0.5, 0.6) is 0 Å². The molecule has 2 aromatic carbocycles.